The van der Waals surface area contributed by atoms with Crippen LogP contribution in [0.5, 0.6) is 0 Å². The minimum Gasteiger partial charge on any atom is -0.480 e. The number of aliphatic carboxylic acids is 1. The molecular formula is C16H23NO4. The van der Waals surface area contributed by atoms with E-state index in [4.69, 9.17) is 4.74 Å². The lowest BCUT2D eigenvalue weighted by Crippen LogP contribution is -2.36. The van der Waals surface area contributed by atoms with Crippen molar-refractivity contribution in [2.24, 2.45) is 0 Å². The van der Waals surface area contributed by atoms with E-state index < -0.39 is 12.0 Å². The lowest BCUT2D eigenvalue weighted by Gasteiger charge is -2.28. The lowest BCUT2D eigenvalue weighted by molar-refractivity contribution is -0.147. The third kappa shape index (κ3) is 5.55. The number of rotatable bonds is 9. The minimum atomic E-state index is -0.904. The smallest absolute Gasteiger partial charge is 0.325 e. The van der Waals surface area contributed by atoms with Crippen molar-refractivity contribution in [3.8, 4) is 0 Å². The average molecular weight is 293 g/mol. The minimum absolute atomic E-state index is 0.199. The van der Waals surface area contributed by atoms with E-state index in [1.807, 2.05) is 30.0 Å². The summed E-state index contributed by atoms with van der Waals surface area (Å²) in [6.07, 6.45) is 1.02. The van der Waals surface area contributed by atoms with Crippen LogP contribution in [0.4, 0.5) is 0 Å². The number of hydrogen-bond donors (Lipinski definition) is 1. The van der Waals surface area contributed by atoms with Crippen molar-refractivity contribution in [2.45, 2.75) is 32.7 Å². The molecule has 0 aliphatic carbocycles. The number of carboxylic acids is 1. The van der Waals surface area contributed by atoms with E-state index in [1.165, 1.54) is 0 Å². The van der Waals surface area contributed by atoms with Crippen LogP contribution >= 0.6 is 0 Å². The molecule has 5 nitrogen and oxygen atoms in total. The van der Waals surface area contributed by atoms with E-state index in [2.05, 4.69) is 0 Å². The van der Waals surface area contributed by atoms with Crippen molar-refractivity contribution < 1.29 is 19.4 Å². The van der Waals surface area contributed by atoms with E-state index in [9.17, 15) is 14.7 Å². The molecule has 1 rings (SSSR count). The SMILES string of the molecule is CCCN(CCC(=O)OCC)C(C(=O)O)c1ccccc1. The van der Waals surface area contributed by atoms with Crippen LogP contribution in [0, 0.1) is 0 Å². The number of carbonyl (C=O) groups is 2. The Balaban J connectivity index is 2.83. The zero-order chi connectivity index (χ0) is 15.7. The number of hydrogen-bond acceptors (Lipinski definition) is 4. The van der Waals surface area contributed by atoms with Gasteiger partial charge in [-0.05, 0) is 25.5 Å². The van der Waals surface area contributed by atoms with Crippen LogP contribution in [0.15, 0.2) is 30.3 Å². The summed E-state index contributed by atoms with van der Waals surface area (Å²) in [4.78, 5) is 24.9. The van der Waals surface area contributed by atoms with Gasteiger partial charge >= 0.3 is 11.9 Å². The Morgan fingerprint density at radius 2 is 1.86 bits per heavy atom. The van der Waals surface area contributed by atoms with Crippen molar-refractivity contribution in [2.75, 3.05) is 19.7 Å². The number of nitrogens with zero attached hydrogens (tertiary/aromatic N) is 1. The van der Waals surface area contributed by atoms with Gasteiger partial charge in [0.05, 0.1) is 13.0 Å². The summed E-state index contributed by atoms with van der Waals surface area (Å²) >= 11 is 0. The van der Waals surface area contributed by atoms with Crippen molar-refractivity contribution in [3.05, 3.63) is 35.9 Å². The molecule has 1 aromatic carbocycles. The van der Waals surface area contributed by atoms with Crippen molar-refractivity contribution in [1.82, 2.24) is 4.90 Å². The molecule has 116 valence electrons. The molecule has 0 saturated carbocycles. The van der Waals surface area contributed by atoms with Gasteiger partial charge in [-0.25, -0.2) is 0 Å². The highest BCUT2D eigenvalue weighted by Gasteiger charge is 2.27. The van der Waals surface area contributed by atoms with E-state index in [1.54, 1.807) is 19.1 Å². The van der Waals surface area contributed by atoms with Gasteiger partial charge in [0.2, 0.25) is 0 Å². The zero-order valence-corrected chi connectivity index (χ0v) is 12.6. The fourth-order valence-electron chi connectivity index (χ4n) is 2.27. The Hall–Kier alpha value is -1.88. The Bertz CT molecular complexity index is 447. The van der Waals surface area contributed by atoms with Crippen LogP contribution in [0.1, 0.15) is 38.3 Å². The van der Waals surface area contributed by atoms with Crippen molar-refractivity contribution in [3.63, 3.8) is 0 Å². The monoisotopic (exact) mass is 293 g/mol. The first-order valence-corrected chi connectivity index (χ1v) is 7.27. The maximum atomic E-state index is 11.6. The predicted molar refractivity (Wildman–Crippen MR) is 79.9 cm³/mol. The van der Waals surface area contributed by atoms with E-state index in [0.29, 0.717) is 19.7 Å². The second-order valence-electron chi connectivity index (χ2n) is 4.74. The molecule has 1 atom stereocenters. The van der Waals surface area contributed by atoms with Crippen LogP contribution in [-0.2, 0) is 14.3 Å². The number of ether oxygens (including phenoxy) is 1. The van der Waals surface area contributed by atoms with Crippen LogP contribution in [0.3, 0.4) is 0 Å². The highest BCUT2D eigenvalue weighted by molar-refractivity contribution is 5.75. The molecule has 0 spiro atoms. The van der Waals surface area contributed by atoms with Crippen LogP contribution in [0.25, 0.3) is 0 Å². The number of carboxylic acid groups (broad SMARTS) is 1. The lowest BCUT2D eigenvalue weighted by atomic mass is 10.0. The molecule has 1 unspecified atom stereocenters. The number of benzene rings is 1. The molecule has 0 heterocycles. The molecule has 0 bridgehead atoms. The van der Waals surface area contributed by atoms with Gasteiger partial charge < -0.3 is 9.84 Å². The molecule has 1 aromatic rings. The summed E-state index contributed by atoms with van der Waals surface area (Å²) in [5.74, 6) is -1.20. The van der Waals surface area contributed by atoms with Gasteiger partial charge in [0.15, 0.2) is 0 Å². The normalized spacial score (nSPS) is 12.1. The Morgan fingerprint density at radius 1 is 1.19 bits per heavy atom. The van der Waals surface area contributed by atoms with E-state index in [-0.39, 0.29) is 12.4 Å². The van der Waals surface area contributed by atoms with Crippen LogP contribution in [-0.4, -0.2) is 41.6 Å². The molecule has 0 aliphatic rings. The molecule has 0 amide bonds. The fourth-order valence-corrected chi connectivity index (χ4v) is 2.27. The van der Waals surface area contributed by atoms with Gasteiger partial charge in [-0.3, -0.25) is 14.5 Å². The third-order valence-electron chi connectivity index (χ3n) is 3.13. The summed E-state index contributed by atoms with van der Waals surface area (Å²) in [5, 5.41) is 9.53. The van der Waals surface area contributed by atoms with Gasteiger partial charge in [0.25, 0.3) is 0 Å². The molecule has 0 saturated heterocycles. The van der Waals surface area contributed by atoms with Gasteiger partial charge in [-0.2, -0.15) is 0 Å². The van der Waals surface area contributed by atoms with Crippen molar-refractivity contribution >= 4 is 11.9 Å². The third-order valence-corrected chi connectivity index (χ3v) is 3.13. The Labute approximate surface area is 125 Å². The van der Waals surface area contributed by atoms with E-state index in [0.717, 1.165) is 12.0 Å². The molecule has 21 heavy (non-hydrogen) atoms. The summed E-state index contributed by atoms with van der Waals surface area (Å²) in [5.41, 5.74) is 0.724. The van der Waals surface area contributed by atoms with E-state index >= 15 is 0 Å². The first kappa shape index (κ1) is 17.2. The van der Waals surface area contributed by atoms with Crippen LogP contribution < -0.4 is 0 Å². The van der Waals surface area contributed by atoms with Gasteiger partial charge in [-0.15, -0.1) is 0 Å². The van der Waals surface area contributed by atoms with Crippen molar-refractivity contribution in [1.29, 1.82) is 0 Å². The first-order chi connectivity index (χ1) is 10.1. The summed E-state index contributed by atoms with van der Waals surface area (Å²) in [7, 11) is 0. The highest BCUT2D eigenvalue weighted by atomic mass is 16.5. The molecule has 0 radical (unpaired) electrons. The summed E-state index contributed by atoms with van der Waals surface area (Å²) in [6, 6.07) is 8.35. The quantitative estimate of drug-likeness (QED) is 0.708. The maximum Gasteiger partial charge on any atom is 0.325 e. The maximum absolute atomic E-state index is 11.6. The zero-order valence-electron chi connectivity index (χ0n) is 12.6. The highest BCUT2D eigenvalue weighted by Crippen LogP contribution is 2.21. The molecule has 1 N–H and O–H groups in total. The molecule has 0 fully saturated rings. The van der Waals surface area contributed by atoms with Gasteiger partial charge in [0.1, 0.15) is 6.04 Å². The van der Waals surface area contributed by atoms with Gasteiger partial charge in [-0.1, -0.05) is 37.3 Å². The summed E-state index contributed by atoms with van der Waals surface area (Å²) in [6.45, 7) is 5.07. The molecule has 0 aromatic heterocycles. The van der Waals surface area contributed by atoms with Gasteiger partial charge in [0, 0.05) is 6.54 Å². The predicted octanol–water partition coefficient (Wildman–Crippen LogP) is 2.48. The number of carbonyl (C=O) groups excluding carboxylic acids is 1. The standard InChI is InChI=1S/C16H23NO4/c1-3-11-17(12-10-14(18)21-4-2)15(16(19)20)13-8-6-5-7-9-13/h5-9,15H,3-4,10-12H2,1-2H3,(H,19,20). The molecule has 0 aliphatic heterocycles. The summed E-state index contributed by atoms with van der Waals surface area (Å²) < 4.78 is 4.90. The first-order valence-electron chi connectivity index (χ1n) is 7.27. The Morgan fingerprint density at radius 3 is 2.38 bits per heavy atom. The number of esters is 1. The fraction of sp³-hybridized carbons (Fsp3) is 0.500. The average Bonchev–Trinajstić information content (AvgIpc) is 2.46. The largest absolute Gasteiger partial charge is 0.480 e. The Kier molecular flexibility index (Phi) is 7.46. The second-order valence-corrected chi connectivity index (χ2v) is 4.74. The second kappa shape index (κ2) is 9.13. The molecule has 5 heteroatoms. The topological polar surface area (TPSA) is 66.8 Å². The van der Waals surface area contributed by atoms with Crippen LogP contribution in [0.2, 0.25) is 0 Å². The molecular weight excluding hydrogens is 270 g/mol.